The predicted octanol–water partition coefficient (Wildman–Crippen LogP) is 3.00. The van der Waals surface area contributed by atoms with Crippen LogP contribution in [0.4, 0.5) is 0 Å². The third-order valence-electron chi connectivity index (χ3n) is 2.74. The topological polar surface area (TPSA) is 37.3 Å². The maximum absolute atomic E-state index is 11.2. The maximum Gasteiger partial charge on any atom is 0.313 e. The van der Waals surface area contributed by atoms with Gasteiger partial charge in [-0.1, -0.05) is 37.6 Å². The average Bonchev–Trinajstić information content (AvgIpc) is 2.18. The van der Waals surface area contributed by atoms with Crippen LogP contribution >= 0.6 is 0 Å². The Morgan fingerprint density at radius 2 is 1.93 bits per heavy atom. The van der Waals surface area contributed by atoms with Crippen LogP contribution in [-0.2, 0) is 16.6 Å². The molecule has 0 aromatic heterocycles. The minimum absolute atomic E-state index is 0.772. The largest absolute Gasteiger partial charge is 0.481 e. The molecule has 1 aromatic rings. The molecule has 0 atom stereocenters. The molecule has 0 bridgehead atoms. The second kappa shape index (κ2) is 4.47. The van der Waals surface area contributed by atoms with Crippen LogP contribution in [0.1, 0.15) is 38.3 Å². The summed E-state index contributed by atoms with van der Waals surface area (Å²) in [5, 5.41) is 9.19. The summed E-state index contributed by atoms with van der Waals surface area (Å²) in [7, 11) is 0. The van der Waals surface area contributed by atoms with Crippen LogP contribution in [0.25, 0.3) is 0 Å². The first-order valence-electron chi connectivity index (χ1n) is 5.32. The van der Waals surface area contributed by atoms with E-state index in [0.717, 1.165) is 24.0 Å². The van der Waals surface area contributed by atoms with Crippen molar-refractivity contribution in [1.82, 2.24) is 0 Å². The zero-order valence-electron chi connectivity index (χ0n) is 9.58. The van der Waals surface area contributed by atoms with Gasteiger partial charge in [-0.05, 0) is 31.4 Å². The Morgan fingerprint density at radius 1 is 1.33 bits per heavy atom. The van der Waals surface area contributed by atoms with Crippen molar-refractivity contribution < 1.29 is 9.90 Å². The number of carboxylic acids is 1. The number of hydrogen-bond acceptors (Lipinski definition) is 1. The van der Waals surface area contributed by atoms with Crippen LogP contribution in [0.2, 0.25) is 0 Å². The Bertz CT molecular complexity index is 353. The molecule has 0 heterocycles. The lowest BCUT2D eigenvalue weighted by atomic mass is 9.81. The van der Waals surface area contributed by atoms with E-state index < -0.39 is 11.4 Å². The summed E-state index contributed by atoms with van der Waals surface area (Å²) in [6.07, 6.45) is 1.97. The van der Waals surface area contributed by atoms with Gasteiger partial charge in [-0.2, -0.15) is 0 Å². The van der Waals surface area contributed by atoms with E-state index in [1.807, 2.05) is 24.3 Å². The number of carbonyl (C=O) groups is 1. The molecule has 15 heavy (non-hydrogen) atoms. The van der Waals surface area contributed by atoms with Crippen LogP contribution in [0.3, 0.4) is 0 Å². The van der Waals surface area contributed by atoms with E-state index in [9.17, 15) is 9.90 Å². The first-order valence-corrected chi connectivity index (χ1v) is 5.32. The van der Waals surface area contributed by atoms with Gasteiger partial charge < -0.3 is 5.11 Å². The molecule has 0 saturated carbocycles. The Labute approximate surface area is 90.9 Å². The second-order valence-electron chi connectivity index (χ2n) is 4.34. The summed E-state index contributed by atoms with van der Waals surface area (Å²) in [6, 6.07) is 7.80. The molecule has 2 heteroatoms. The molecule has 1 aromatic carbocycles. The summed E-state index contributed by atoms with van der Waals surface area (Å²) < 4.78 is 0. The third kappa shape index (κ3) is 2.38. The number of hydrogen-bond donors (Lipinski definition) is 1. The number of rotatable bonds is 4. The molecule has 0 fully saturated rings. The molecule has 0 unspecified atom stereocenters. The van der Waals surface area contributed by atoms with Gasteiger partial charge >= 0.3 is 5.97 Å². The van der Waals surface area contributed by atoms with Crippen molar-refractivity contribution in [3.05, 3.63) is 35.4 Å². The van der Waals surface area contributed by atoms with E-state index in [4.69, 9.17) is 0 Å². The fourth-order valence-corrected chi connectivity index (χ4v) is 1.73. The maximum atomic E-state index is 11.2. The lowest BCUT2D eigenvalue weighted by Crippen LogP contribution is -2.29. The highest BCUT2D eigenvalue weighted by molar-refractivity contribution is 5.80. The van der Waals surface area contributed by atoms with E-state index in [1.54, 1.807) is 13.8 Å². The van der Waals surface area contributed by atoms with E-state index in [1.165, 1.54) is 0 Å². The number of aryl methyl sites for hydroxylation is 1. The number of carboxylic acid groups (broad SMARTS) is 1. The van der Waals surface area contributed by atoms with Crippen molar-refractivity contribution in [2.24, 2.45) is 0 Å². The van der Waals surface area contributed by atoms with Gasteiger partial charge in [-0.3, -0.25) is 4.79 Å². The van der Waals surface area contributed by atoms with E-state index in [-0.39, 0.29) is 0 Å². The van der Waals surface area contributed by atoms with Gasteiger partial charge in [0.25, 0.3) is 0 Å². The van der Waals surface area contributed by atoms with Crippen molar-refractivity contribution in [2.75, 3.05) is 0 Å². The Balaban J connectivity index is 3.18. The lowest BCUT2D eigenvalue weighted by Gasteiger charge is -2.22. The first kappa shape index (κ1) is 11.8. The van der Waals surface area contributed by atoms with Crippen LogP contribution in [0, 0.1) is 0 Å². The van der Waals surface area contributed by atoms with Gasteiger partial charge in [0.1, 0.15) is 0 Å². The standard InChI is InChI=1S/C13H18O2/c1-4-7-10-8-5-6-9-11(10)13(2,3)12(14)15/h5-6,8-9H,4,7H2,1-3H3,(H,14,15). The molecule has 0 saturated heterocycles. The molecular weight excluding hydrogens is 188 g/mol. The molecule has 1 N–H and O–H groups in total. The minimum atomic E-state index is -0.800. The summed E-state index contributed by atoms with van der Waals surface area (Å²) in [6.45, 7) is 5.61. The minimum Gasteiger partial charge on any atom is -0.481 e. The van der Waals surface area contributed by atoms with Crippen LogP contribution in [0.5, 0.6) is 0 Å². The molecule has 0 amide bonds. The van der Waals surface area contributed by atoms with Gasteiger partial charge in [0.2, 0.25) is 0 Å². The Kier molecular flexibility index (Phi) is 3.51. The molecule has 82 valence electrons. The van der Waals surface area contributed by atoms with E-state index in [0.29, 0.717) is 0 Å². The van der Waals surface area contributed by atoms with Crippen molar-refractivity contribution in [1.29, 1.82) is 0 Å². The average molecular weight is 206 g/mol. The fourth-order valence-electron chi connectivity index (χ4n) is 1.73. The zero-order valence-corrected chi connectivity index (χ0v) is 9.58. The molecule has 0 radical (unpaired) electrons. The molecule has 0 aliphatic heterocycles. The number of aliphatic carboxylic acids is 1. The smallest absolute Gasteiger partial charge is 0.313 e. The van der Waals surface area contributed by atoms with Gasteiger partial charge in [0, 0.05) is 0 Å². The molecule has 0 spiro atoms. The number of benzene rings is 1. The third-order valence-corrected chi connectivity index (χ3v) is 2.74. The fraction of sp³-hybridized carbons (Fsp3) is 0.462. The summed E-state index contributed by atoms with van der Waals surface area (Å²) in [5.74, 6) is -0.772. The Hall–Kier alpha value is -1.31. The zero-order chi connectivity index (χ0) is 11.5. The highest BCUT2D eigenvalue weighted by Gasteiger charge is 2.30. The van der Waals surface area contributed by atoms with Crippen LogP contribution in [-0.4, -0.2) is 11.1 Å². The molecule has 0 aliphatic carbocycles. The lowest BCUT2D eigenvalue weighted by molar-refractivity contribution is -0.142. The molecule has 1 rings (SSSR count). The highest BCUT2D eigenvalue weighted by Crippen LogP contribution is 2.27. The first-order chi connectivity index (χ1) is 7.00. The van der Waals surface area contributed by atoms with E-state index >= 15 is 0 Å². The van der Waals surface area contributed by atoms with Crippen molar-refractivity contribution in [2.45, 2.75) is 39.0 Å². The van der Waals surface area contributed by atoms with Crippen LogP contribution in [0.15, 0.2) is 24.3 Å². The molecule has 0 aliphatic rings. The quantitative estimate of drug-likeness (QED) is 0.822. The monoisotopic (exact) mass is 206 g/mol. The van der Waals surface area contributed by atoms with Crippen molar-refractivity contribution >= 4 is 5.97 Å². The van der Waals surface area contributed by atoms with Gasteiger partial charge in [-0.15, -0.1) is 0 Å². The summed E-state index contributed by atoms with van der Waals surface area (Å²) >= 11 is 0. The van der Waals surface area contributed by atoms with Gasteiger partial charge in [0.15, 0.2) is 0 Å². The highest BCUT2D eigenvalue weighted by atomic mass is 16.4. The van der Waals surface area contributed by atoms with Crippen LogP contribution < -0.4 is 0 Å². The van der Waals surface area contributed by atoms with E-state index in [2.05, 4.69) is 6.92 Å². The Morgan fingerprint density at radius 3 is 2.47 bits per heavy atom. The molecular formula is C13H18O2. The van der Waals surface area contributed by atoms with Crippen molar-refractivity contribution in [3.8, 4) is 0 Å². The SMILES string of the molecule is CCCc1ccccc1C(C)(C)C(=O)O. The summed E-state index contributed by atoms with van der Waals surface area (Å²) in [5.41, 5.74) is 1.28. The summed E-state index contributed by atoms with van der Waals surface area (Å²) in [4.78, 5) is 11.2. The van der Waals surface area contributed by atoms with Gasteiger partial charge in [0.05, 0.1) is 5.41 Å². The van der Waals surface area contributed by atoms with Gasteiger partial charge in [-0.25, -0.2) is 0 Å². The van der Waals surface area contributed by atoms with Crippen molar-refractivity contribution in [3.63, 3.8) is 0 Å². The normalized spacial score (nSPS) is 11.4. The predicted molar refractivity (Wildman–Crippen MR) is 61.1 cm³/mol. The second-order valence-corrected chi connectivity index (χ2v) is 4.34. The molecule has 2 nitrogen and oxygen atoms in total.